The molecule has 2 heterocycles. The number of aryl methyl sites for hydroxylation is 2. The van der Waals surface area contributed by atoms with Crippen molar-refractivity contribution in [2.75, 3.05) is 13.6 Å². The second-order valence-electron chi connectivity index (χ2n) is 9.08. The van der Waals surface area contributed by atoms with Crippen LogP contribution in [0.3, 0.4) is 0 Å². The molecule has 0 amide bonds. The summed E-state index contributed by atoms with van der Waals surface area (Å²) in [5, 5.41) is 18.5. The molecule has 3 rings (SSSR count). The third-order valence-electron chi connectivity index (χ3n) is 6.37. The molecule has 0 saturated carbocycles. The van der Waals surface area contributed by atoms with Gasteiger partial charge >= 0.3 is 0 Å². The summed E-state index contributed by atoms with van der Waals surface area (Å²) < 4.78 is 7.39. The number of unbranched alkanes of at least 4 members (excludes halogenated alkanes) is 1. The molecular weight excluding hydrogens is 426 g/mol. The maximum Gasteiger partial charge on any atom is 0.156 e. The van der Waals surface area contributed by atoms with E-state index in [4.69, 9.17) is 4.74 Å². The molecule has 1 aromatic carbocycles. The van der Waals surface area contributed by atoms with Gasteiger partial charge < -0.3 is 14.7 Å². The fourth-order valence-corrected chi connectivity index (χ4v) is 4.35. The molecular formula is C27H39N5O2. The van der Waals surface area contributed by atoms with E-state index in [2.05, 4.69) is 64.3 Å². The standard InChI is InChI=1S/C27H39N5O2/c1-5-23(19-28-6-2)24-12-10-22(11-13-24)9-7-8-15-32-20-25(29-30-32)14-16-31(4)26-17-21(3)34-27(33)18-26/h5-6,10-13,19-21,26-27,33H,1,7-9,14-18H2,2-4H3/b23-19+,28-6?/t21-,26+,27-/m1/s1. The van der Waals surface area contributed by atoms with Gasteiger partial charge in [-0.1, -0.05) is 42.1 Å². The Kier molecular flexibility index (Phi) is 10.2. The molecule has 0 bridgehead atoms. The van der Waals surface area contributed by atoms with Gasteiger partial charge in [0.1, 0.15) is 0 Å². The Morgan fingerprint density at radius 3 is 2.76 bits per heavy atom. The van der Waals surface area contributed by atoms with Crippen molar-refractivity contribution in [2.45, 2.75) is 77.4 Å². The highest BCUT2D eigenvalue weighted by Gasteiger charge is 2.28. The molecule has 0 unspecified atom stereocenters. The van der Waals surface area contributed by atoms with Gasteiger partial charge in [0, 0.05) is 50.6 Å². The van der Waals surface area contributed by atoms with E-state index >= 15 is 0 Å². The first kappa shape index (κ1) is 26.0. The highest BCUT2D eigenvalue weighted by molar-refractivity contribution is 5.74. The summed E-state index contributed by atoms with van der Waals surface area (Å²) in [4.78, 5) is 6.49. The number of hydrogen-bond donors (Lipinski definition) is 1. The predicted molar refractivity (Wildman–Crippen MR) is 138 cm³/mol. The quantitative estimate of drug-likeness (QED) is 0.288. The van der Waals surface area contributed by atoms with Crippen LogP contribution in [0.1, 0.15) is 56.4 Å². The van der Waals surface area contributed by atoms with Gasteiger partial charge in [0.05, 0.1) is 11.8 Å². The van der Waals surface area contributed by atoms with Crippen molar-refractivity contribution >= 4 is 11.8 Å². The van der Waals surface area contributed by atoms with Gasteiger partial charge in [0.25, 0.3) is 0 Å². The normalized spacial score (nSPS) is 21.4. The summed E-state index contributed by atoms with van der Waals surface area (Å²) in [5.74, 6) is 0. The van der Waals surface area contributed by atoms with E-state index in [0.717, 1.165) is 62.0 Å². The van der Waals surface area contributed by atoms with E-state index in [-0.39, 0.29) is 6.10 Å². The molecule has 1 aliphatic rings. The number of nitrogens with zero attached hydrogens (tertiary/aromatic N) is 5. The van der Waals surface area contributed by atoms with E-state index < -0.39 is 6.29 Å². The molecule has 0 radical (unpaired) electrons. The molecule has 0 aliphatic carbocycles. The van der Waals surface area contributed by atoms with Crippen molar-refractivity contribution in [3.63, 3.8) is 0 Å². The first-order valence-electron chi connectivity index (χ1n) is 12.3. The Morgan fingerprint density at radius 2 is 2.06 bits per heavy atom. The summed E-state index contributed by atoms with van der Waals surface area (Å²) in [5.41, 5.74) is 4.51. The van der Waals surface area contributed by atoms with Crippen LogP contribution in [-0.4, -0.2) is 63.2 Å². The van der Waals surface area contributed by atoms with Gasteiger partial charge in [-0.2, -0.15) is 0 Å². The van der Waals surface area contributed by atoms with Gasteiger partial charge in [-0.25, -0.2) is 0 Å². The largest absolute Gasteiger partial charge is 0.368 e. The third kappa shape index (κ3) is 8.01. The third-order valence-corrected chi connectivity index (χ3v) is 6.37. The minimum absolute atomic E-state index is 0.0944. The summed E-state index contributed by atoms with van der Waals surface area (Å²) >= 11 is 0. The van der Waals surface area contributed by atoms with Gasteiger partial charge in [0.15, 0.2) is 6.29 Å². The highest BCUT2D eigenvalue weighted by atomic mass is 16.6. The zero-order valence-electron chi connectivity index (χ0n) is 20.8. The van der Waals surface area contributed by atoms with Gasteiger partial charge in [-0.3, -0.25) is 9.67 Å². The Balaban J connectivity index is 1.38. The number of aliphatic hydroxyl groups excluding tert-OH is 1. The van der Waals surface area contributed by atoms with Crippen LogP contribution in [0.2, 0.25) is 0 Å². The number of aliphatic hydroxyl groups is 1. The van der Waals surface area contributed by atoms with Crippen molar-refractivity contribution in [3.05, 3.63) is 66.1 Å². The molecule has 7 heteroatoms. The minimum Gasteiger partial charge on any atom is -0.368 e. The molecule has 7 nitrogen and oxygen atoms in total. The smallest absolute Gasteiger partial charge is 0.156 e. The Hall–Kier alpha value is -2.61. The van der Waals surface area contributed by atoms with Crippen molar-refractivity contribution < 1.29 is 9.84 Å². The van der Waals surface area contributed by atoms with Gasteiger partial charge in [0.2, 0.25) is 0 Å². The molecule has 184 valence electrons. The Morgan fingerprint density at radius 1 is 1.26 bits per heavy atom. The maximum absolute atomic E-state index is 9.85. The van der Waals surface area contributed by atoms with Crippen LogP contribution in [0.5, 0.6) is 0 Å². The molecule has 1 aliphatic heterocycles. The van der Waals surface area contributed by atoms with E-state index in [9.17, 15) is 5.11 Å². The lowest BCUT2D eigenvalue weighted by Crippen LogP contribution is -2.43. The number of aliphatic imine (C=N–C) groups is 1. The molecule has 1 N–H and O–H groups in total. The first-order valence-corrected chi connectivity index (χ1v) is 12.3. The lowest BCUT2D eigenvalue weighted by atomic mass is 10.0. The van der Waals surface area contributed by atoms with Gasteiger partial charge in [-0.15, -0.1) is 5.10 Å². The van der Waals surface area contributed by atoms with Crippen molar-refractivity contribution in [3.8, 4) is 0 Å². The van der Waals surface area contributed by atoms with Crippen LogP contribution in [-0.2, 0) is 24.1 Å². The van der Waals surface area contributed by atoms with Crippen molar-refractivity contribution in [2.24, 2.45) is 4.99 Å². The summed E-state index contributed by atoms with van der Waals surface area (Å²) in [7, 11) is 2.11. The number of rotatable bonds is 12. The maximum atomic E-state index is 9.85. The number of ether oxygens (including phenoxy) is 1. The second-order valence-corrected chi connectivity index (χ2v) is 9.08. The zero-order valence-corrected chi connectivity index (χ0v) is 20.8. The SMILES string of the molecule is C=C/C(=C\N=CC)c1ccc(CCCCn2cc(CCN(C)[C@H]3C[C@@H](C)O[C@@H](O)C3)nn2)cc1. The van der Waals surface area contributed by atoms with E-state index in [0.29, 0.717) is 12.5 Å². The van der Waals surface area contributed by atoms with E-state index in [1.54, 1.807) is 6.21 Å². The van der Waals surface area contributed by atoms with Gasteiger partial charge in [-0.05, 0) is 63.3 Å². The molecule has 1 fully saturated rings. The molecule has 2 aromatic rings. The number of aromatic nitrogens is 3. The Bertz CT molecular complexity index is 940. The number of benzene rings is 1. The molecule has 0 spiro atoms. The lowest BCUT2D eigenvalue weighted by Gasteiger charge is -2.36. The van der Waals surface area contributed by atoms with Crippen LogP contribution >= 0.6 is 0 Å². The van der Waals surface area contributed by atoms with Crippen LogP contribution in [0.15, 0.2) is 54.3 Å². The zero-order chi connectivity index (χ0) is 24.3. The average Bonchev–Trinajstić information content (AvgIpc) is 3.28. The topological polar surface area (TPSA) is 75.8 Å². The Labute approximate surface area is 203 Å². The van der Waals surface area contributed by atoms with Crippen molar-refractivity contribution in [1.29, 1.82) is 0 Å². The summed E-state index contributed by atoms with van der Waals surface area (Å²) in [6.07, 6.45) is 12.6. The van der Waals surface area contributed by atoms with Crippen LogP contribution in [0.25, 0.3) is 5.57 Å². The molecule has 1 aromatic heterocycles. The molecule has 3 atom stereocenters. The summed E-state index contributed by atoms with van der Waals surface area (Å²) in [6, 6.07) is 8.98. The van der Waals surface area contributed by atoms with Crippen LogP contribution in [0.4, 0.5) is 0 Å². The fraction of sp³-hybridized carbons (Fsp3) is 0.519. The first-order chi connectivity index (χ1) is 16.5. The number of hydrogen-bond acceptors (Lipinski definition) is 6. The molecule has 1 saturated heterocycles. The fourth-order valence-electron chi connectivity index (χ4n) is 4.35. The second kappa shape index (κ2) is 13.3. The monoisotopic (exact) mass is 465 g/mol. The van der Waals surface area contributed by atoms with E-state index in [1.165, 1.54) is 5.56 Å². The van der Waals surface area contributed by atoms with Crippen LogP contribution in [0, 0.1) is 0 Å². The van der Waals surface area contributed by atoms with Crippen molar-refractivity contribution in [1.82, 2.24) is 19.9 Å². The number of allylic oxidation sites excluding steroid dienone is 2. The predicted octanol–water partition coefficient (Wildman–Crippen LogP) is 4.28. The summed E-state index contributed by atoms with van der Waals surface area (Å²) in [6.45, 7) is 9.57. The minimum atomic E-state index is -0.656. The lowest BCUT2D eigenvalue weighted by molar-refractivity contribution is -0.173. The molecule has 34 heavy (non-hydrogen) atoms. The highest BCUT2D eigenvalue weighted by Crippen LogP contribution is 2.22. The van der Waals surface area contributed by atoms with E-state index in [1.807, 2.05) is 30.8 Å². The van der Waals surface area contributed by atoms with Crippen LogP contribution < -0.4 is 0 Å². The average molecular weight is 466 g/mol. The number of likely N-dealkylation sites (N-methyl/N-ethyl adjacent to an activating group) is 1.